The number of nitrogens with zero attached hydrogens (tertiary/aromatic N) is 2. The Kier molecular flexibility index (Phi) is 2.82. The van der Waals surface area contributed by atoms with E-state index in [2.05, 4.69) is 23.7 Å². The van der Waals surface area contributed by atoms with Gasteiger partial charge in [-0.05, 0) is 11.8 Å². The monoisotopic (exact) mass is 230 g/mol. The molecule has 0 bridgehead atoms. The normalized spacial score (nSPS) is 20.8. The van der Waals surface area contributed by atoms with Crippen molar-refractivity contribution in [1.29, 1.82) is 0 Å². The van der Waals surface area contributed by atoms with Crippen molar-refractivity contribution >= 4 is 22.9 Å². The van der Waals surface area contributed by atoms with Gasteiger partial charge in [-0.3, -0.25) is 4.90 Å². The Morgan fingerprint density at radius 1 is 1.64 bits per heavy atom. The molecule has 2 heterocycles. The molecule has 1 saturated heterocycles. The predicted octanol–water partition coefficient (Wildman–Crippen LogP) is 3.03. The third kappa shape index (κ3) is 2.10. The molecule has 4 heteroatoms. The molecule has 0 N–H and O–H groups in total. The Morgan fingerprint density at radius 2 is 2.36 bits per heavy atom. The van der Waals surface area contributed by atoms with E-state index in [1.54, 1.807) is 11.3 Å². The second kappa shape index (κ2) is 3.80. The first kappa shape index (κ1) is 10.4. The van der Waals surface area contributed by atoms with Gasteiger partial charge in [0.15, 0.2) is 4.47 Å². The highest BCUT2D eigenvalue weighted by Gasteiger charge is 2.36. The van der Waals surface area contributed by atoms with E-state index in [0.717, 1.165) is 6.54 Å². The van der Waals surface area contributed by atoms with Crippen LogP contribution in [0.2, 0.25) is 4.47 Å². The van der Waals surface area contributed by atoms with Gasteiger partial charge >= 0.3 is 0 Å². The molecule has 78 valence electrons. The molecule has 0 aliphatic carbocycles. The van der Waals surface area contributed by atoms with Crippen LogP contribution in [-0.4, -0.2) is 23.0 Å². The number of rotatable bonds is 3. The van der Waals surface area contributed by atoms with Gasteiger partial charge in [-0.15, -0.1) is 11.3 Å². The van der Waals surface area contributed by atoms with Crippen molar-refractivity contribution in [2.45, 2.75) is 26.8 Å². The lowest BCUT2D eigenvalue weighted by molar-refractivity contribution is 0.00693. The fourth-order valence-electron chi connectivity index (χ4n) is 1.95. The summed E-state index contributed by atoms with van der Waals surface area (Å²) in [5.74, 6) is 0. The van der Waals surface area contributed by atoms with Crippen molar-refractivity contribution in [3.05, 3.63) is 15.5 Å². The van der Waals surface area contributed by atoms with Gasteiger partial charge < -0.3 is 0 Å². The first-order valence-electron chi connectivity index (χ1n) is 4.94. The first-order chi connectivity index (χ1) is 6.61. The topological polar surface area (TPSA) is 16.1 Å². The highest BCUT2D eigenvalue weighted by Crippen LogP contribution is 2.34. The van der Waals surface area contributed by atoms with Crippen molar-refractivity contribution in [1.82, 2.24) is 9.88 Å². The molecule has 0 radical (unpaired) electrons. The van der Waals surface area contributed by atoms with Crippen LogP contribution >= 0.6 is 22.9 Å². The molecular formula is C10H15ClN2S. The molecule has 0 unspecified atom stereocenters. The van der Waals surface area contributed by atoms with Crippen molar-refractivity contribution in [3.63, 3.8) is 0 Å². The maximum atomic E-state index is 5.78. The van der Waals surface area contributed by atoms with Crippen molar-refractivity contribution in [2.24, 2.45) is 5.41 Å². The van der Waals surface area contributed by atoms with Crippen LogP contribution in [0.1, 0.15) is 25.1 Å². The van der Waals surface area contributed by atoms with Crippen LogP contribution in [0.5, 0.6) is 0 Å². The Morgan fingerprint density at radius 3 is 2.86 bits per heavy atom. The highest BCUT2D eigenvalue weighted by molar-refractivity contribution is 7.15. The number of aromatic nitrogens is 1. The molecule has 0 spiro atoms. The Labute approximate surface area is 93.9 Å². The molecule has 14 heavy (non-hydrogen) atoms. The lowest BCUT2D eigenvalue weighted by atomic mass is 9.79. The molecule has 1 aliphatic rings. The summed E-state index contributed by atoms with van der Waals surface area (Å²) in [7, 11) is 0. The summed E-state index contributed by atoms with van der Waals surface area (Å²) in [6, 6.07) is 0. The van der Waals surface area contributed by atoms with E-state index in [-0.39, 0.29) is 0 Å². The fraction of sp³-hybridized carbons (Fsp3) is 0.700. The van der Waals surface area contributed by atoms with Gasteiger partial charge in [0.25, 0.3) is 0 Å². The lowest BCUT2D eigenvalue weighted by Gasteiger charge is -2.47. The van der Waals surface area contributed by atoms with E-state index in [4.69, 9.17) is 11.6 Å². The second-order valence-electron chi connectivity index (χ2n) is 4.39. The van der Waals surface area contributed by atoms with Crippen LogP contribution in [0.3, 0.4) is 0 Å². The van der Waals surface area contributed by atoms with Crippen LogP contribution in [0.4, 0.5) is 0 Å². The van der Waals surface area contributed by atoms with Crippen LogP contribution in [0.25, 0.3) is 0 Å². The third-order valence-corrected chi connectivity index (χ3v) is 4.07. The average Bonchev–Trinajstić information content (AvgIpc) is 2.48. The second-order valence-corrected chi connectivity index (χ2v) is 6.09. The standard InChI is InChI=1S/C10H15ClN2S/c1-3-10(2)6-13(7-10)5-8-4-12-9(11)14-8/h4H,3,5-7H2,1-2H3. The fourth-order valence-corrected chi connectivity index (χ4v) is 2.97. The molecule has 0 atom stereocenters. The molecule has 1 aromatic rings. The maximum Gasteiger partial charge on any atom is 0.183 e. The molecule has 0 saturated carbocycles. The van der Waals surface area contributed by atoms with Crippen LogP contribution < -0.4 is 0 Å². The van der Waals surface area contributed by atoms with E-state index < -0.39 is 0 Å². The SMILES string of the molecule is CCC1(C)CN(Cc2cnc(Cl)s2)C1. The molecule has 1 aliphatic heterocycles. The van der Waals surface area contributed by atoms with Crippen molar-refractivity contribution in [2.75, 3.05) is 13.1 Å². The van der Waals surface area contributed by atoms with Gasteiger partial charge in [0.1, 0.15) is 0 Å². The molecule has 2 rings (SSSR count). The smallest absolute Gasteiger partial charge is 0.183 e. The Bertz CT molecular complexity index is 318. The van der Waals surface area contributed by atoms with Crippen molar-refractivity contribution in [3.8, 4) is 0 Å². The zero-order valence-corrected chi connectivity index (χ0v) is 10.2. The quantitative estimate of drug-likeness (QED) is 0.794. The van der Waals surface area contributed by atoms with Gasteiger partial charge in [-0.2, -0.15) is 0 Å². The zero-order chi connectivity index (χ0) is 10.2. The van der Waals surface area contributed by atoms with Gasteiger partial charge in [-0.25, -0.2) is 4.98 Å². The molecule has 1 fully saturated rings. The van der Waals surface area contributed by atoms with E-state index in [9.17, 15) is 0 Å². The Hall–Kier alpha value is -0.120. The van der Waals surface area contributed by atoms with E-state index >= 15 is 0 Å². The highest BCUT2D eigenvalue weighted by atomic mass is 35.5. The predicted molar refractivity (Wildman–Crippen MR) is 60.8 cm³/mol. The van der Waals surface area contributed by atoms with E-state index in [1.807, 2.05) is 6.20 Å². The van der Waals surface area contributed by atoms with Crippen LogP contribution in [-0.2, 0) is 6.54 Å². The van der Waals surface area contributed by atoms with Gasteiger partial charge in [-0.1, -0.05) is 25.4 Å². The minimum Gasteiger partial charge on any atom is -0.297 e. The first-order valence-corrected chi connectivity index (χ1v) is 6.13. The lowest BCUT2D eigenvalue weighted by Crippen LogP contribution is -2.53. The summed E-state index contributed by atoms with van der Waals surface area (Å²) in [5.41, 5.74) is 0.550. The zero-order valence-electron chi connectivity index (χ0n) is 8.59. The third-order valence-electron chi connectivity index (χ3n) is 2.97. The van der Waals surface area contributed by atoms with Gasteiger partial charge in [0, 0.05) is 30.7 Å². The van der Waals surface area contributed by atoms with E-state index in [0.29, 0.717) is 9.88 Å². The maximum absolute atomic E-state index is 5.78. The number of hydrogen-bond donors (Lipinski definition) is 0. The van der Waals surface area contributed by atoms with Crippen LogP contribution in [0.15, 0.2) is 6.20 Å². The number of likely N-dealkylation sites (tertiary alicyclic amines) is 1. The summed E-state index contributed by atoms with van der Waals surface area (Å²) < 4.78 is 0.652. The van der Waals surface area contributed by atoms with Gasteiger partial charge in [0.2, 0.25) is 0 Å². The summed E-state index contributed by atoms with van der Waals surface area (Å²) in [6.07, 6.45) is 3.15. The van der Waals surface area contributed by atoms with Crippen LogP contribution in [0, 0.1) is 5.41 Å². The summed E-state index contributed by atoms with van der Waals surface area (Å²) in [5, 5.41) is 0. The van der Waals surface area contributed by atoms with Gasteiger partial charge in [0.05, 0.1) is 0 Å². The van der Waals surface area contributed by atoms with Crippen molar-refractivity contribution < 1.29 is 0 Å². The summed E-state index contributed by atoms with van der Waals surface area (Å²) in [4.78, 5) is 7.77. The minimum absolute atomic E-state index is 0.550. The molecule has 2 nitrogen and oxygen atoms in total. The minimum atomic E-state index is 0.550. The van der Waals surface area contributed by atoms with E-state index in [1.165, 1.54) is 24.4 Å². The number of thiazole rings is 1. The summed E-state index contributed by atoms with van der Waals surface area (Å²) >= 11 is 7.36. The molecule has 0 aromatic carbocycles. The number of halogens is 1. The average molecular weight is 231 g/mol. The summed E-state index contributed by atoms with van der Waals surface area (Å²) in [6.45, 7) is 8.04. The molecule has 0 amide bonds. The molecular weight excluding hydrogens is 216 g/mol. The molecule has 1 aromatic heterocycles. The Balaban J connectivity index is 1.85. The largest absolute Gasteiger partial charge is 0.297 e. The number of hydrogen-bond acceptors (Lipinski definition) is 3.